The molecule has 25 heavy (non-hydrogen) atoms. The van der Waals surface area contributed by atoms with Crippen LogP contribution in [0.3, 0.4) is 0 Å². The van der Waals surface area contributed by atoms with Crippen molar-refractivity contribution in [3.8, 4) is 0 Å². The summed E-state index contributed by atoms with van der Waals surface area (Å²) in [5.74, 6) is -0.550. The number of halogens is 1. The number of benzene rings is 2. The monoisotopic (exact) mass is 356 g/mol. The number of fused-ring (bicyclic) bond motifs is 1. The fourth-order valence-corrected chi connectivity index (χ4v) is 3.79. The maximum atomic E-state index is 13.3. The lowest BCUT2D eigenvalue weighted by molar-refractivity contribution is 0.0234. The van der Waals surface area contributed by atoms with Crippen molar-refractivity contribution in [3.63, 3.8) is 0 Å². The summed E-state index contributed by atoms with van der Waals surface area (Å²) in [6, 6.07) is 10.2. The van der Waals surface area contributed by atoms with E-state index in [-0.39, 0.29) is 17.9 Å². The first-order valence-electron chi connectivity index (χ1n) is 8.09. The van der Waals surface area contributed by atoms with E-state index in [4.69, 9.17) is 4.74 Å². The highest BCUT2D eigenvalue weighted by Crippen LogP contribution is 2.32. The predicted molar refractivity (Wildman–Crippen MR) is 96.9 cm³/mol. The van der Waals surface area contributed by atoms with Crippen LogP contribution in [-0.4, -0.2) is 30.1 Å². The summed E-state index contributed by atoms with van der Waals surface area (Å²) >= 11 is 1.45. The van der Waals surface area contributed by atoms with Gasteiger partial charge in [-0.1, -0.05) is 17.4 Å². The molecule has 1 aromatic heterocycles. The summed E-state index contributed by atoms with van der Waals surface area (Å²) in [6.07, 6.45) is -0.141. The Labute approximate surface area is 148 Å². The van der Waals surface area contributed by atoms with Crippen LogP contribution in [0.25, 0.3) is 10.2 Å². The second kappa shape index (κ2) is 6.11. The van der Waals surface area contributed by atoms with Gasteiger partial charge >= 0.3 is 5.97 Å². The second-order valence-electron chi connectivity index (χ2n) is 6.34. The summed E-state index contributed by atoms with van der Waals surface area (Å²) in [6.45, 7) is 5.21. The van der Waals surface area contributed by atoms with Crippen LogP contribution < -0.4 is 4.90 Å². The van der Waals surface area contributed by atoms with Crippen molar-refractivity contribution in [2.45, 2.75) is 20.0 Å². The molecular weight excluding hydrogens is 339 g/mol. The number of nitrogens with zero attached hydrogens (tertiary/aromatic N) is 2. The minimum Gasteiger partial charge on any atom is -0.455 e. The van der Waals surface area contributed by atoms with E-state index in [1.807, 2.05) is 30.9 Å². The number of aryl methyl sites for hydroxylation is 2. The molecule has 0 spiro atoms. The average molecular weight is 356 g/mol. The Hall–Kier alpha value is -2.47. The molecule has 0 bridgehead atoms. The summed E-state index contributed by atoms with van der Waals surface area (Å²) in [7, 11) is 0. The van der Waals surface area contributed by atoms with Crippen LogP contribution in [-0.2, 0) is 4.74 Å². The van der Waals surface area contributed by atoms with Gasteiger partial charge in [-0.25, -0.2) is 14.2 Å². The molecule has 1 fully saturated rings. The second-order valence-corrected chi connectivity index (χ2v) is 7.35. The van der Waals surface area contributed by atoms with E-state index in [1.54, 1.807) is 12.1 Å². The fraction of sp³-hybridized carbons (Fsp3) is 0.263. The molecule has 4 rings (SSSR count). The minimum atomic E-state index is -0.292. The number of rotatable bonds is 3. The average Bonchev–Trinajstić information content (AvgIpc) is 2.95. The SMILES string of the molecule is Cc1ccc(C(=O)OC2CN(c3nc4ccc(F)cc4s3)C2)cc1C. The Morgan fingerprint density at radius 1 is 1.20 bits per heavy atom. The third-order valence-electron chi connectivity index (χ3n) is 4.47. The first-order chi connectivity index (χ1) is 12.0. The Balaban J connectivity index is 1.39. The molecule has 128 valence electrons. The Bertz CT molecular complexity index is 963. The molecule has 1 aliphatic heterocycles. The van der Waals surface area contributed by atoms with Gasteiger partial charge in [-0.3, -0.25) is 0 Å². The molecule has 0 saturated carbocycles. The van der Waals surface area contributed by atoms with Gasteiger partial charge in [-0.2, -0.15) is 0 Å². The van der Waals surface area contributed by atoms with Crippen LogP contribution in [0.2, 0.25) is 0 Å². The van der Waals surface area contributed by atoms with Gasteiger partial charge in [0, 0.05) is 0 Å². The number of carbonyl (C=O) groups is 1. The van der Waals surface area contributed by atoms with Gasteiger partial charge in [-0.15, -0.1) is 0 Å². The zero-order valence-corrected chi connectivity index (χ0v) is 14.8. The smallest absolute Gasteiger partial charge is 0.338 e. The Morgan fingerprint density at radius 3 is 2.76 bits per heavy atom. The number of anilines is 1. The number of thiazole rings is 1. The van der Waals surface area contributed by atoms with Gasteiger partial charge in [-0.05, 0) is 55.3 Å². The van der Waals surface area contributed by atoms with Crippen molar-refractivity contribution in [2.24, 2.45) is 0 Å². The molecule has 6 heteroatoms. The van der Waals surface area contributed by atoms with Gasteiger partial charge in [0.1, 0.15) is 11.9 Å². The zero-order valence-electron chi connectivity index (χ0n) is 14.0. The predicted octanol–water partition coefficient (Wildman–Crippen LogP) is 4.10. The molecule has 2 heterocycles. The van der Waals surface area contributed by atoms with Gasteiger partial charge in [0.2, 0.25) is 0 Å². The molecule has 0 N–H and O–H groups in total. The molecule has 0 aliphatic carbocycles. The lowest BCUT2D eigenvalue weighted by Crippen LogP contribution is -2.53. The summed E-state index contributed by atoms with van der Waals surface area (Å²) in [5.41, 5.74) is 3.60. The number of aromatic nitrogens is 1. The highest BCUT2D eigenvalue weighted by Gasteiger charge is 2.32. The van der Waals surface area contributed by atoms with Gasteiger partial charge in [0.15, 0.2) is 5.13 Å². The lowest BCUT2D eigenvalue weighted by atomic mass is 10.1. The van der Waals surface area contributed by atoms with E-state index in [0.29, 0.717) is 18.7 Å². The molecule has 1 saturated heterocycles. The van der Waals surface area contributed by atoms with E-state index < -0.39 is 0 Å². The molecule has 0 radical (unpaired) electrons. The minimum absolute atomic E-state index is 0.141. The van der Waals surface area contributed by atoms with Crippen LogP contribution in [0.15, 0.2) is 36.4 Å². The Kier molecular flexibility index (Phi) is 3.92. The number of esters is 1. The van der Waals surface area contributed by atoms with Crippen LogP contribution in [0.5, 0.6) is 0 Å². The molecule has 0 atom stereocenters. The molecular formula is C19H17FN2O2S. The first-order valence-corrected chi connectivity index (χ1v) is 8.90. The normalized spacial score (nSPS) is 14.6. The fourth-order valence-electron chi connectivity index (χ4n) is 2.78. The number of hydrogen-bond acceptors (Lipinski definition) is 5. The summed E-state index contributed by atoms with van der Waals surface area (Å²) in [4.78, 5) is 18.8. The molecule has 4 nitrogen and oxygen atoms in total. The maximum Gasteiger partial charge on any atom is 0.338 e. The molecule has 3 aromatic rings. The standard InChI is InChI=1S/C19H17FN2O2S/c1-11-3-4-13(7-12(11)2)18(23)24-15-9-22(10-15)19-21-16-6-5-14(20)8-17(16)25-19/h3-8,15H,9-10H2,1-2H3. The molecule has 1 aliphatic rings. The van der Waals surface area contributed by atoms with E-state index in [1.165, 1.54) is 23.5 Å². The molecule has 0 unspecified atom stereocenters. The zero-order chi connectivity index (χ0) is 17.6. The number of carbonyl (C=O) groups excluding carboxylic acids is 1. The highest BCUT2D eigenvalue weighted by atomic mass is 32.1. The topological polar surface area (TPSA) is 42.4 Å². The number of hydrogen-bond donors (Lipinski definition) is 0. The third kappa shape index (κ3) is 3.09. The van der Waals surface area contributed by atoms with Crippen molar-refractivity contribution in [1.82, 2.24) is 4.98 Å². The van der Waals surface area contributed by atoms with Gasteiger partial charge < -0.3 is 9.64 Å². The van der Waals surface area contributed by atoms with E-state index in [2.05, 4.69) is 4.98 Å². The van der Waals surface area contributed by atoms with E-state index >= 15 is 0 Å². The van der Waals surface area contributed by atoms with Crippen LogP contribution in [0, 0.1) is 19.7 Å². The van der Waals surface area contributed by atoms with Gasteiger partial charge in [0.25, 0.3) is 0 Å². The summed E-state index contributed by atoms with van der Waals surface area (Å²) < 4.78 is 19.6. The summed E-state index contributed by atoms with van der Waals surface area (Å²) in [5, 5.41) is 0.832. The van der Waals surface area contributed by atoms with Crippen molar-refractivity contribution in [1.29, 1.82) is 0 Å². The Morgan fingerprint density at radius 2 is 2.00 bits per heavy atom. The maximum absolute atomic E-state index is 13.3. The van der Waals surface area contributed by atoms with Crippen LogP contribution in [0.1, 0.15) is 21.5 Å². The lowest BCUT2D eigenvalue weighted by Gasteiger charge is -2.38. The molecule has 0 amide bonds. The van der Waals surface area contributed by atoms with E-state index in [9.17, 15) is 9.18 Å². The van der Waals surface area contributed by atoms with Crippen LogP contribution >= 0.6 is 11.3 Å². The number of ether oxygens (including phenoxy) is 1. The van der Waals surface area contributed by atoms with Crippen LogP contribution in [0.4, 0.5) is 9.52 Å². The first kappa shape index (κ1) is 16.0. The van der Waals surface area contributed by atoms with E-state index in [0.717, 1.165) is 26.5 Å². The van der Waals surface area contributed by atoms with Crippen molar-refractivity contribution in [3.05, 3.63) is 58.9 Å². The highest BCUT2D eigenvalue weighted by molar-refractivity contribution is 7.22. The quantitative estimate of drug-likeness (QED) is 0.663. The molecule has 2 aromatic carbocycles. The van der Waals surface area contributed by atoms with Gasteiger partial charge in [0.05, 0.1) is 28.9 Å². The third-order valence-corrected chi connectivity index (χ3v) is 5.55. The van der Waals surface area contributed by atoms with Crippen molar-refractivity contribution in [2.75, 3.05) is 18.0 Å². The van der Waals surface area contributed by atoms with Crippen molar-refractivity contribution >= 4 is 32.7 Å². The largest absolute Gasteiger partial charge is 0.455 e. The van der Waals surface area contributed by atoms with Crippen molar-refractivity contribution < 1.29 is 13.9 Å².